The van der Waals surface area contributed by atoms with Gasteiger partial charge in [0.15, 0.2) is 0 Å². The van der Waals surface area contributed by atoms with Gasteiger partial charge in [0.2, 0.25) is 0 Å². The fourth-order valence-electron chi connectivity index (χ4n) is 2.72. The Morgan fingerprint density at radius 1 is 0.708 bits per heavy atom. The molecule has 0 aliphatic carbocycles. The molecule has 0 atom stereocenters. The molecular weight excluding hydrogens is 288 g/mol. The molecule has 0 saturated heterocycles. The number of unbranched alkanes of at least 4 members (excludes halogenated alkanes) is 10. The first-order chi connectivity index (χ1) is 11.9. The minimum atomic E-state index is 1.12. The van der Waals surface area contributed by atoms with Gasteiger partial charge in [-0.2, -0.15) is 0 Å². The molecule has 0 fully saturated rings. The Labute approximate surface area is 150 Å². The standard InChI is InChI=1S/C24H35/c1-2-3-4-5-6-7-8-9-10-11-12-13-14-15-16-18-21-24-22-19-17-20-23-24/h13-20,22-23H,2-12H2,1H3/b14-13+,16-15+,21-18?. The van der Waals surface area contributed by atoms with E-state index in [0.717, 1.165) is 5.56 Å². The minimum Gasteiger partial charge on any atom is -0.0845 e. The Balaban J connectivity index is 1.89. The van der Waals surface area contributed by atoms with Crippen LogP contribution >= 0.6 is 0 Å². The van der Waals surface area contributed by atoms with E-state index in [0.29, 0.717) is 0 Å². The number of hydrogen-bond acceptors (Lipinski definition) is 0. The monoisotopic (exact) mass is 323 g/mol. The smallest absolute Gasteiger partial charge is 0.0105 e. The van der Waals surface area contributed by atoms with Crippen LogP contribution in [0.2, 0.25) is 0 Å². The lowest BCUT2D eigenvalue weighted by Gasteiger charge is -2.01. The van der Waals surface area contributed by atoms with Crippen LogP contribution in [0, 0.1) is 6.08 Å². The van der Waals surface area contributed by atoms with Crippen LogP contribution in [0.15, 0.2) is 60.7 Å². The number of rotatable bonds is 14. The average Bonchev–Trinajstić information content (AvgIpc) is 2.62. The summed E-state index contributed by atoms with van der Waals surface area (Å²) in [5.74, 6) is 0. The second-order valence-corrected chi connectivity index (χ2v) is 6.46. The van der Waals surface area contributed by atoms with Gasteiger partial charge < -0.3 is 0 Å². The second-order valence-electron chi connectivity index (χ2n) is 6.46. The minimum absolute atomic E-state index is 1.12. The highest BCUT2D eigenvalue weighted by Crippen LogP contribution is 2.11. The highest BCUT2D eigenvalue weighted by molar-refractivity contribution is 5.24. The number of benzene rings is 1. The summed E-state index contributed by atoms with van der Waals surface area (Å²) in [5, 5.41) is 0. The van der Waals surface area contributed by atoms with Crippen molar-refractivity contribution >= 4 is 0 Å². The zero-order valence-electron chi connectivity index (χ0n) is 15.6. The molecular formula is C24H35. The first kappa shape index (κ1) is 20.5. The molecule has 0 nitrogen and oxygen atoms in total. The van der Waals surface area contributed by atoms with Gasteiger partial charge in [-0.25, -0.2) is 0 Å². The summed E-state index contributed by atoms with van der Waals surface area (Å²) in [6, 6.07) is 10.2. The molecule has 1 rings (SSSR count). The highest BCUT2D eigenvalue weighted by Gasteiger charge is 1.91. The molecule has 0 aromatic heterocycles. The third kappa shape index (κ3) is 12.9. The summed E-state index contributed by atoms with van der Waals surface area (Å²) in [4.78, 5) is 0. The Hall–Kier alpha value is -1.56. The van der Waals surface area contributed by atoms with Crippen LogP contribution in [0.5, 0.6) is 0 Å². The SMILES string of the molecule is CCCCCCCCCCCC/C=C/C=C/C=[C]\c1ccccc1. The molecule has 0 N–H and O–H groups in total. The van der Waals surface area contributed by atoms with Gasteiger partial charge >= 0.3 is 0 Å². The summed E-state index contributed by atoms with van der Waals surface area (Å²) < 4.78 is 0. The average molecular weight is 324 g/mol. The van der Waals surface area contributed by atoms with E-state index in [9.17, 15) is 0 Å². The van der Waals surface area contributed by atoms with Gasteiger partial charge in [-0.05, 0) is 24.5 Å². The third-order valence-electron chi connectivity index (χ3n) is 4.20. The van der Waals surface area contributed by atoms with Crippen LogP contribution in [0.1, 0.15) is 83.1 Å². The van der Waals surface area contributed by atoms with Crippen molar-refractivity contribution in [2.75, 3.05) is 0 Å². The van der Waals surface area contributed by atoms with Gasteiger partial charge in [-0.3, -0.25) is 0 Å². The first-order valence-corrected chi connectivity index (χ1v) is 9.90. The predicted octanol–water partition coefficient (Wildman–Crippen LogP) is 7.82. The van der Waals surface area contributed by atoms with Crippen molar-refractivity contribution in [3.8, 4) is 0 Å². The van der Waals surface area contributed by atoms with Crippen molar-refractivity contribution in [1.29, 1.82) is 0 Å². The molecule has 0 amide bonds. The summed E-state index contributed by atoms with van der Waals surface area (Å²) in [7, 11) is 0. The van der Waals surface area contributed by atoms with Gasteiger partial charge in [-0.15, -0.1) is 0 Å². The highest BCUT2D eigenvalue weighted by atomic mass is 14.0. The first-order valence-electron chi connectivity index (χ1n) is 9.90. The molecule has 0 heterocycles. The maximum absolute atomic E-state index is 3.25. The van der Waals surface area contributed by atoms with Crippen LogP contribution < -0.4 is 0 Å². The van der Waals surface area contributed by atoms with Crippen molar-refractivity contribution in [3.05, 3.63) is 72.4 Å². The molecule has 131 valence electrons. The predicted molar refractivity (Wildman–Crippen MR) is 108 cm³/mol. The molecule has 0 aliphatic rings. The maximum Gasteiger partial charge on any atom is -0.0105 e. The van der Waals surface area contributed by atoms with Gasteiger partial charge in [0.25, 0.3) is 0 Å². The van der Waals surface area contributed by atoms with Crippen LogP contribution in [-0.2, 0) is 0 Å². The second kappa shape index (κ2) is 16.3. The molecule has 24 heavy (non-hydrogen) atoms. The van der Waals surface area contributed by atoms with E-state index in [1.54, 1.807) is 0 Å². The lowest BCUT2D eigenvalue weighted by atomic mass is 10.1. The van der Waals surface area contributed by atoms with Gasteiger partial charge in [-0.1, -0.05) is 125 Å². The summed E-state index contributed by atoms with van der Waals surface area (Å²) in [6.07, 6.45) is 29.0. The van der Waals surface area contributed by atoms with Crippen molar-refractivity contribution in [2.24, 2.45) is 0 Å². The Morgan fingerprint density at radius 2 is 1.33 bits per heavy atom. The zero-order valence-corrected chi connectivity index (χ0v) is 15.6. The molecule has 0 heteroatoms. The Bertz CT molecular complexity index is 450. The molecule has 1 radical (unpaired) electrons. The van der Waals surface area contributed by atoms with E-state index in [2.05, 4.69) is 43.4 Å². The van der Waals surface area contributed by atoms with E-state index in [4.69, 9.17) is 0 Å². The largest absolute Gasteiger partial charge is 0.0845 e. The summed E-state index contributed by atoms with van der Waals surface area (Å²) in [5.41, 5.74) is 1.12. The van der Waals surface area contributed by atoms with E-state index >= 15 is 0 Å². The lowest BCUT2D eigenvalue weighted by Crippen LogP contribution is -1.81. The molecule has 0 saturated carbocycles. The fourth-order valence-corrected chi connectivity index (χ4v) is 2.72. The Kier molecular flexibility index (Phi) is 13.9. The summed E-state index contributed by atoms with van der Waals surface area (Å²) >= 11 is 0. The van der Waals surface area contributed by atoms with E-state index in [1.165, 1.54) is 70.6 Å². The lowest BCUT2D eigenvalue weighted by molar-refractivity contribution is 0.557. The Morgan fingerprint density at radius 3 is 2.00 bits per heavy atom. The van der Waals surface area contributed by atoms with Gasteiger partial charge in [0.1, 0.15) is 0 Å². The molecule has 0 bridgehead atoms. The number of allylic oxidation sites excluding steroid dienone is 5. The third-order valence-corrected chi connectivity index (χ3v) is 4.20. The zero-order chi connectivity index (χ0) is 17.1. The molecule has 0 spiro atoms. The molecule has 0 aliphatic heterocycles. The van der Waals surface area contributed by atoms with Crippen LogP contribution in [0.4, 0.5) is 0 Å². The van der Waals surface area contributed by atoms with Crippen molar-refractivity contribution < 1.29 is 0 Å². The van der Waals surface area contributed by atoms with Crippen molar-refractivity contribution in [1.82, 2.24) is 0 Å². The van der Waals surface area contributed by atoms with E-state index in [1.807, 2.05) is 30.4 Å². The van der Waals surface area contributed by atoms with Crippen molar-refractivity contribution in [3.63, 3.8) is 0 Å². The van der Waals surface area contributed by atoms with Crippen molar-refractivity contribution in [2.45, 2.75) is 77.6 Å². The normalized spacial score (nSPS) is 12.0. The molecule has 1 aromatic carbocycles. The number of hydrogen-bond donors (Lipinski definition) is 0. The van der Waals surface area contributed by atoms with E-state index < -0.39 is 0 Å². The maximum atomic E-state index is 3.25. The fraction of sp³-hybridized carbons (Fsp3) is 0.500. The summed E-state index contributed by atoms with van der Waals surface area (Å²) in [6.45, 7) is 2.28. The van der Waals surface area contributed by atoms with Crippen LogP contribution in [-0.4, -0.2) is 0 Å². The van der Waals surface area contributed by atoms with Crippen LogP contribution in [0.25, 0.3) is 0 Å². The van der Waals surface area contributed by atoms with Gasteiger partial charge in [0.05, 0.1) is 0 Å². The quantitative estimate of drug-likeness (QED) is 0.242. The molecule has 1 aromatic rings. The molecule has 0 unspecified atom stereocenters. The topological polar surface area (TPSA) is 0 Å². The van der Waals surface area contributed by atoms with Crippen LogP contribution in [0.3, 0.4) is 0 Å². The van der Waals surface area contributed by atoms with Gasteiger partial charge in [0, 0.05) is 0 Å². The van der Waals surface area contributed by atoms with E-state index in [-0.39, 0.29) is 0 Å².